The minimum atomic E-state index is -0.536. The summed E-state index contributed by atoms with van der Waals surface area (Å²) in [6.07, 6.45) is 4.56. The second-order valence-electron chi connectivity index (χ2n) is 8.45. The first-order valence-corrected chi connectivity index (χ1v) is 9.89. The Balaban J connectivity index is 1.56. The van der Waals surface area contributed by atoms with Crippen molar-refractivity contribution < 1.29 is 18.3 Å². The Kier molecular flexibility index (Phi) is 6.57. The monoisotopic (exact) mass is 403 g/mol. The van der Waals surface area contributed by atoms with Crippen LogP contribution in [0.5, 0.6) is 5.88 Å². The SMILES string of the molecule is CC(C)(C)Oc1nccnc1CN1CCC(C(=O)Cc2cc(F)ccc2F)CC1. The van der Waals surface area contributed by atoms with E-state index in [9.17, 15) is 13.6 Å². The van der Waals surface area contributed by atoms with Crippen LogP contribution in [0.3, 0.4) is 0 Å². The molecule has 0 N–H and O–H groups in total. The van der Waals surface area contributed by atoms with Crippen molar-refractivity contribution in [3.05, 3.63) is 53.5 Å². The van der Waals surface area contributed by atoms with Gasteiger partial charge in [0.05, 0.1) is 0 Å². The Labute approximate surface area is 170 Å². The fourth-order valence-electron chi connectivity index (χ4n) is 3.47. The molecule has 0 unspecified atom stereocenters. The second-order valence-corrected chi connectivity index (χ2v) is 8.45. The molecule has 1 aromatic heterocycles. The summed E-state index contributed by atoms with van der Waals surface area (Å²) in [6.45, 7) is 7.94. The highest BCUT2D eigenvalue weighted by Crippen LogP contribution is 2.25. The van der Waals surface area contributed by atoms with E-state index >= 15 is 0 Å². The number of piperidine rings is 1. The molecule has 1 aliphatic heterocycles. The number of hydrogen-bond acceptors (Lipinski definition) is 5. The van der Waals surface area contributed by atoms with Crippen LogP contribution in [0.4, 0.5) is 8.78 Å². The number of halogens is 2. The van der Waals surface area contributed by atoms with E-state index in [4.69, 9.17) is 4.74 Å². The lowest BCUT2D eigenvalue weighted by atomic mass is 9.89. The van der Waals surface area contributed by atoms with Gasteiger partial charge in [-0.05, 0) is 70.5 Å². The Bertz CT molecular complexity index is 859. The van der Waals surface area contributed by atoms with Gasteiger partial charge in [0.1, 0.15) is 28.7 Å². The number of Topliss-reactive ketones (excluding diaryl/α,β-unsaturated/α-hetero) is 1. The number of benzene rings is 1. The van der Waals surface area contributed by atoms with E-state index in [1.54, 1.807) is 12.4 Å². The Hall–Kier alpha value is -2.41. The van der Waals surface area contributed by atoms with Crippen molar-refractivity contribution >= 4 is 5.78 Å². The molecule has 1 aliphatic rings. The Morgan fingerprint density at radius 2 is 1.86 bits per heavy atom. The summed E-state index contributed by atoms with van der Waals surface area (Å²) < 4.78 is 33.0. The summed E-state index contributed by atoms with van der Waals surface area (Å²) >= 11 is 0. The molecule has 5 nitrogen and oxygen atoms in total. The van der Waals surface area contributed by atoms with Gasteiger partial charge in [-0.2, -0.15) is 0 Å². The third kappa shape index (κ3) is 6.03. The van der Waals surface area contributed by atoms with Crippen molar-refractivity contribution in [2.75, 3.05) is 13.1 Å². The first-order valence-electron chi connectivity index (χ1n) is 9.89. The molecule has 0 atom stereocenters. The van der Waals surface area contributed by atoms with E-state index in [0.717, 1.165) is 37.0 Å². The molecule has 0 amide bonds. The number of rotatable bonds is 6. The van der Waals surface area contributed by atoms with E-state index in [1.165, 1.54) is 0 Å². The quantitative estimate of drug-likeness (QED) is 0.731. The number of nitrogens with zero attached hydrogens (tertiary/aromatic N) is 3. The standard InChI is InChI=1S/C22H27F2N3O2/c1-22(2,3)29-21-19(25-8-9-26-21)14-27-10-6-15(7-11-27)20(28)13-16-12-17(23)4-5-18(16)24/h4-5,8-9,12,15H,6-7,10-11,13-14H2,1-3H3. The lowest BCUT2D eigenvalue weighted by molar-refractivity contribution is -0.123. The molecular formula is C22H27F2N3O2. The van der Waals surface area contributed by atoms with Crippen LogP contribution in [0.1, 0.15) is 44.9 Å². The molecule has 0 aliphatic carbocycles. The zero-order chi connectivity index (χ0) is 21.0. The number of carbonyl (C=O) groups is 1. The van der Waals surface area contributed by atoms with Gasteiger partial charge in [0, 0.05) is 31.3 Å². The summed E-state index contributed by atoms with van der Waals surface area (Å²) in [5.74, 6) is -0.709. The molecule has 1 fully saturated rings. The second kappa shape index (κ2) is 8.95. The lowest BCUT2D eigenvalue weighted by Crippen LogP contribution is -2.37. The highest BCUT2D eigenvalue weighted by Gasteiger charge is 2.27. The molecule has 1 saturated heterocycles. The third-order valence-electron chi connectivity index (χ3n) is 4.93. The summed E-state index contributed by atoms with van der Waals surface area (Å²) in [4.78, 5) is 23.5. The van der Waals surface area contributed by atoms with Crippen LogP contribution < -0.4 is 4.74 Å². The molecule has 0 spiro atoms. The highest BCUT2D eigenvalue weighted by molar-refractivity contribution is 5.83. The number of ether oxygens (including phenoxy) is 1. The molecule has 0 saturated carbocycles. The van der Waals surface area contributed by atoms with Crippen LogP contribution in [-0.4, -0.2) is 39.3 Å². The summed E-state index contributed by atoms with van der Waals surface area (Å²) in [5, 5.41) is 0. The molecule has 1 aromatic carbocycles. The van der Waals surface area contributed by atoms with E-state index in [2.05, 4.69) is 14.9 Å². The van der Waals surface area contributed by atoms with Crippen LogP contribution in [0, 0.1) is 17.6 Å². The fraction of sp³-hybridized carbons (Fsp3) is 0.500. The minimum absolute atomic E-state index is 0.0367. The van der Waals surface area contributed by atoms with E-state index in [1.807, 2.05) is 20.8 Å². The molecule has 0 bridgehead atoms. The predicted molar refractivity (Wildman–Crippen MR) is 105 cm³/mol. The topological polar surface area (TPSA) is 55.3 Å². The van der Waals surface area contributed by atoms with Crippen LogP contribution in [0.2, 0.25) is 0 Å². The van der Waals surface area contributed by atoms with Gasteiger partial charge < -0.3 is 4.74 Å². The lowest BCUT2D eigenvalue weighted by Gasteiger charge is -2.31. The maximum Gasteiger partial charge on any atom is 0.237 e. The van der Waals surface area contributed by atoms with Crippen LogP contribution >= 0.6 is 0 Å². The highest BCUT2D eigenvalue weighted by atomic mass is 19.1. The molecular weight excluding hydrogens is 376 g/mol. The number of aromatic nitrogens is 2. The van der Waals surface area contributed by atoms with Gasteiger partial charge in [-0.3, -0.25) is 14.7 Å². The summed E-state index contributed by atoms with van der Waals surface area (Å²) in [7, 11) is 0. The van der Waals surface area contributed by atoms with Crippen molar-refractivity contribution in [3.8, 4) is 5.88 Å². The summed E-state index contributed by atoms with van der Waals surface area (Å²) in [5.41, 5.74) is 0.533. The molecule has 0 radical (unpaired) electrons. The van der Waals surface area contributed by atoms with Crippen molar-refractivity contribution in [2.45, 2.75) is 52.2 Å². The fourth-order valence-corrected chi connectivity index (χ4v) is 3.47. The molecule has 29 heavy (non-hydrogen) atoms. The molecule has 2 aromatic rings. The number of hydrogen-bond donors (Lipinski definition) is 0. The normalized spacial score (nSPS) is 16.0. The van der Waals surface area contributed by atoms with Gasteiger partial charge in [-0.1, -0.05) is 0 Å². The van der Waals surface area contributed by atoms with Crippen LogP contribution in [0.25, 0.3) is 0 Å². The third-order valence-corrected chi connectivity index (χ3v) is 4.93. The molecule has 156 valence electrons. The Morgan fingerprint density at radius 1 is 1.17 bits per heavy atom. The average molecular weight is 403 g/mol. The van der Waals surface area contributed by atoms with Gasteiger partial charge in [-0.15, -0.1) is 0 Å². The number of carbonyl (C=O) groups excluding carboxylic acids is 1. The maximum atomic E-state index is 13.8. The van der Waals surface area contributed by atoms with Crippen molar-refractivity contribution in [2.24, 2.45) is 5.92 Å². The predicted octanol–water partition coefficient (Wildman–Crippen LogP) is 3.96. The van der Waals surface area contributed by atoms with Gasteiger partial charge in [0.25, 0.3) is 0 Å². The number of ketones is 1. The smallest absolute Gasteiger partial charge is 0.237 e. The summed E-state index contributed by atoms with van der Waals surface area (Å²) in [6, 6.07) is 3.23. The van der Waals surface area contributed by atoms with Gasteiger partial charge in [-0.25, -0.2) is 13.8 Å². The van der Waals surface area contributed by atoms with Crippen molar-refractivity contribution in [3.63, 3.8) is 0 Å². The average Bonchev–Trinajstić information content (AvgIpc) is 2.66. The largest absolute Gasteiger partial charge is 0.471 e. The molecule has 3 rings (SSSR count). The van der Waals surface area contributed by atoms with Gasteiger partial charge in [0.15, 0.2) is 0 Å². The zero-order valence-corrected chi connectivity index (χ0v) is 17.1. The van der Waals surface area contributed by atoms with Gasteiger partial charge in [0.2, 0.25) is 5.88 Å². The van der Waals surface area contributed by atoms with Crippen molar-refractivity contribution in [1.82, 2.24) is 14.9 Å². The zero-order valence-electron chi connectivity index (χ0n) is 17.1. The van der Waals surface area contributed by atoms with Crippen molar-refractivity contribution in [1.29, 1.82) is 0 Å². The van der Waals surface area contributed by atoms with Gasteiger partial charge >= 0.3 is 0 Å². The minimum Gasteiger partial charge on any atom is -0.471 e. The van der Waals surface area contributed by atoms with E-state index < -0.39 is 11.6 Å². The first-order chi connectivity index (χ1) is 13.7. The Morgan fingerprint density at radius 3 is 2.55 bits per heavy atom. The molecule has 2 heterocycles. The first kappa shape index (κ1) is 21.3. The molecule has 7 heteroatoms. The number of likely N-dealkylation sites (tertiary alicyclic amines) is 1. The van der Waals surface area contributed by atoms with Crippen LogP contribution in [-0.2, 0) is 17.8 Å². The van der Waals surface area contributed by atoms with E-state index in [0.29, 0.717) is 25.3 Å². The maximum absolute atomic E-state index is 13.8. The van der Waals surface area contributed by atoms with Crippen LogP contribution in [0.15, 0.2) is 30.6 Å². The van der Waals surface area contributed by atoms with E-state index in [-0.39, 0.29) is 29.3 Å².